The largest absolute Gasteiger partial charge is 0.466 e. The van der Waals surface area contributed by atoms with Gasteiger partial charge in [0, 0.05) is 16.1 Å². The Morgan fingerprint density at radius 2 is 2.32 bits per heavy atom. The van der Waals surface area contributed by atoms with E-state index in [1.807, 2.05) is 18.7 Å². The van der Waals surface area contributed by atoms with Crippen molar-refractivity contribution in [3.8, 4) is 0 Å². The Kier molecular flexibility index (Phi) is 3.67. The van der Waals surface area contributed by atoms with Crippen LogP contribution >= 0.6 is 11.8 Å². The summed E-state index contributed by atoms with van der Waals surface area (Å²) >= 11 is 1.81. The molecule has 1 saturated carbocycles. The predicted molar refractivity (Wildman–Crippen MR) is 83.1 cm³/mol. The zero-order valence-electron chi connectivity index (χ0n) is 12.8. The molecule has 118 valence electrons. The second-order valence-electron chi connectivity index (χ2n) is 6.08. The van der Waals surface area contributed by atoms with Crippen LogP contribution in [-0.2, 0) is 19.0 Å². The predicted octanol–water partition coefficient (Wildman–Crippen LogP) is 2.91. The first kappa shape index (κ1) is 14.5. The minimum atomic E-state index is -0.0506. The van der Waals surface area contributed by atoms with Gasteiger partial charge in [-0.05, 0) is 31.0 Å². The minimum Gasteiger partial charge on any atom is -0.466 e. The van der Waals surface area contributed by atoms with E-state index in [1.165, 1.54) is 16.0 Å². The monoisotopic (exact) mass is 320 g/mol. The van der Waals surface area contributed by atoms with Crippen molar-refractivity contribution in [1.29, 1.82) is 0 Å². The third kappa shape index (κ3) is 2.45. The van der Waals surface area contributed by atoms with E-state index < -0.39 is 0 Å². The fraction of sp³-hybridized carbons (Fsp3) is 0.588. The van der Waals surface area contributed by atoms with Gasteiger partial charge in [-0.25, -0.2) is 0 Å². The summed E-state index contributed by atoms with van der Waals surface area (Å²) in [6.45, 7) is 5.85. The number of thioether (sulfide) groups is 1. The maximum absolute atomic E-state index is 12.0. The van der Waals surface area contributed by atoms with Gasteiger partial charge in [-0.3, -0.25) is 4.79 Å². The zero-order valence-corrected chi connectivity index (χ0v) is 13.6. The van der Waals surface area contributed by atoms with Crippen molar-refractivity contribution >= 4 is 17.7 Å². The van der Waals surface area contributed by atoms with Gasteiger partial charge in [-0.1, -0.05) is 12.1 Å². The molecule has 1 aliphatic carbocycles. The second-order valence-corrected chi connectivity index (χ2v) is 7.30. The third-order valence-electron chi connectivity index (χ3n) is 4.58. The molecule has 22 heavy (non-hydrogen) atoms. The lowest BCUT2D eigenvalue weighted by molar-refractivity contribution is -0.144. The zero-order chi connectivity index (χ0) is 15.3. The van der Waals surface area contributed by atoms with E-state index in [0.29, 0.717) is 24.4 Å². The molecule has 1 aromatic carbocycles. The van der Waals surface area contributed by atoms with Crippen molar-refractivity contribution in [3.05, 3.63) is 29.3 Å². The number of hydrogen-bond donors (Lipinski definition) is 0. The number of rotatable bonds is 6. The van der Waals surface area contributed by atoms with E-state index in [-0.39, 0.29) is 24.1 Å². The summed E-state index contributed by atoms with van der Waals surface area (Å²) in [5.41, 5.74) is 2.52. The SMILES string of the molecule is CCOC(=O)C1C2Sc3cccc(C(C)OC[C@H]4CO4)c3C21. The number of fused-ring (bicyclic) bond motifs is 3. The first-order valence-corrected chi connectivity index (χ1v) is 8.78. The molecule has 4 unspecified atom stereocenters. The molecular formula is C17H20O4S. The molecule has 1 aromatic rings. The second kappa shape index (κ2) is 5.55. The number of esters is 1. The summed E-state index contributed by atoms with van der Waals surface area (Å²) in [7, 11) is 0. The molecule has 2 fully saturated rings. The molecule has 5 atom stereocenters. The van der Waals surface area contributed by atoms with E-state index in [2.05, 4.69) is 25.1 Å². The molecule has 2 aliphatic heterocycles. The quantitative estimate of drug-likeness (QED) is 0.596. The molecule has 0 N–H and O–H groups in total. The van der Waals surface area contributed by atoms with Crippen molar-refractivity contribution in [3.63, 3.8) is 0 Å². The Labute approximate surface area is 134 Å². The van der Waals surface area contributed by atoms with Gasteiger partial charge in [0.05, 0.1) is 31.8 Å². The Bertz CT molecular complexity index is 598. The third-order valence-corrected chi connectivity index (χ3v) is 6.05. The molecule has 0 aromatic heterocycles. The van der Waals surface area contributed by atoms with E-state index in [0.717, 1.165) is 6.61 Å². The van der Waals surface area contributed by atoms with Crippen LogP contribution in [0.25, 0.3) is 0 Å². The minimum absolute atomic E-state index is 0.0255. The molecule has 1 saturated heterocycles. The summed E-state index contributed by atoms with van der Waals surface area (Å²) in [4.78, 5) is 13.3. The summed E-state index contributed by atoms with van der Waals surface area (Å²) in [5.74, 6) is 0.279. The number of benzene rings is 1. The number of carbonyl (C=O) groups is 1. The van der Waals surface area contributed by atoms with Crippen molar-refractivity contribution in [2.45, 2.75) is 42.1 Å². The molecule has 0 spiro atoms. The van der Waals surface area contributed by atoms with Crippen LogP contribution in [-0.4, -0.2) is 37.1 Å². The van der Waals surface area contributed by atoms with Crippen LogP contribution < -0.4 is 0 Å². The first-order valence-electron chi connectivity index (χ1n) is 7.90. The molecule has 0 bridgehead atoms. The van der Waals surface area contributed by atoms with Crippen LogP contribution in [0.4, 0.5) is 0 Å². The van der Waals surface area contributed by atoms with Gasteiger partial charge in [0.15, 0.2) is 0 Å². The Balaban J connectivity index is 1.53. The Morgan fingerprint density at radius 1 is 1.50 bits per heavy atom. The van der Waals surface area contributed by atoms with Crippen molar-refractivity contribution in [2.75, 3.05) is 19.8 Å². The topological polar surface area (TPSA) is 48.1 Å². The van der Waals surface area contributed by atoms with Gasteiger partial charge >= 0.3 is 5.97 Å². The molecule has 4 nitrogen and oxygen atoms in total. The van der Waals surface area contributed by atoms with Crippen molar-refractivity contribution in [2.24, 2.45) is 5.92 Å². The average Bonchev–Trinajstić information content (AvgIpc) is 3.42. The highest BCUT2D eigenvalue weighted by Crippen LogP contribution is 2.66. The molecule has 3 aliphatic rings. The maximum Gasteiger partial charge on any atom is 0.310 e. The van der Waals surface area contributed by atoms with Gasteiger partial charge < -0.3 is 14.2 Å². The van der Waals surface area contributed by atoms with Crippen LogP contribution in [0, 0.1) is 5.92 Å². The van der Waals surface area contributed by atoms with E-state index in [4.69, 9.17) is 14.2 Å². The highest BCUT2D eigenvalue weighted by atomic mass is 32.2. The smallest absolute Gasteiger partial charge is 0.310 e. The number of carbonyl (C=O) groups excluding carboxylic acids is 1. The number of epoxide rings is 1. The molecular weight excluding hydrogens is 300 g/mol. The molecule has 5 heteroatoms. The van der Waals surface area contributed by atoms with Gasteiger partial charge in [-0.15, -0.1) is 11.8 Å². The van der Waals surface area contributed by atoms with Crippen LogP contribution in [0.5, 0.6) is 0 Å². The highest BCUT2D eigenvalue weighted by molar-refractivity contribution is 8.00. The van der Waals surface area contributed by atoms with E-state index in [1.54, 1.807) is 0 Å². The lowest BCUT2D eigenvalue weighted by atomic mass is 9.98. The highest BCUT2D eigenvalue weighted by Gasteiger charge is 2.62. The van der Waals surface area contributed by atoms with E-state index >= 15 is 0 Å². The van der Waals surface area contributed by atoms with Gasteiger partial charge in [0.1, 0.15) is 6.10 Å². The van der Waals surface area contributed by atoms with Crippen LogP contribution in [0.3, 0.4) is 0 Å². The lowest BCUT2D eigenvalue weighted by Crippen LogP contribution is -2.12. The first-order chi connectivity index (χ1) is 10.7. The van der Waals surface area contributed by atoms with Crippen LogP contribution in [0.1, 0.15) is 37.0 Å². The molecule has 2 heterocycles. The number of ether oxygens (including phenoxy) is 3. The molecule has 0 radical (unpaired) electrons. The van der Waals surface area contributed by atoms with Crippen molar-refractivity contribution < 1.29 is 19.0 Å². The van der Waals surface area contributed by atoms with Crippen LogP contribution in [0.15, 0.2) is 23.1 Å². The summed E-state index contributed by atoms with van der Waals surface area (Å²) < 4.78 is 16.3. The molecule has 0 amide bonds. The molecule has 4 rings (SSSR count). The van der Waals surface area contributed by atoms with Crippen molar-refractivity contribution in [1.82, 2.24) is 0 Å². The van der Waals surface area contributed by atoms with Gasteiger partial charge in [0.2, 0.25) is 0 Å². The fourth-order valence-electron chi connectivity index (χ4n) is 3.32. The fourth-order valence-corrected chi connectivity index (χ4v) is 4.94. The van der Waals surface area contributed by atoms with Gasteiger partial charge in [0.25, 0.3) is 0 Å². The summed E-state index contributed by atoms with van der Waals surface area (Å²) in [6.07, 6.45) is 0.302. The summed E-state index contributed by atoms with van der Waals surface area (Å²) in [6, 6.07) is 6.36. The summed E-state index contributed by atoms with van der Waals surface area (Å²) in [5, 5.41) is 0.356. The maximum atomic E-state index is 12.0. The standard InChI is InChI=1S/C17H20O4S/c1-3-19-17(18)15-14-13-11(9(2)20-7-10-8-21-10)5-4-6-12(13)22-16(14)15/h4-6,9-10,14-16H,3,7-8H2,1-2H3/t9?,10-,14?,15?,16?/m0/s1. The number of hydrogen-bond acceptors (Lipinski definition) is 5. The average molecular weight is 320 g/mol. The van der Waals surface area contributed by atoms with E-state index in [9.17, 15) is 4.79 Å². The van der Waals surface area contributed by atoms with Gasteiger partial charge in [-0.2, -0.15) is 0 Å². The Hall–Kier alpha value is -1.04. The Morgan fingerprint density at radius 3 is 3.05 bits per heavy atom. The van der Waals surface area contributed by atoms with Crippen LogP contribution in [0.2, 0.25) is 0 Å². The lowest BCUT2D eigenvalue weighted by Gasteiger charge is -2.18. The normalized spacial score (nSPS) is 32.1.